The summed E-state index contributed by atoms with van der Waals surface area (Å²) in [5, 5.41) is 16.1. The van der Waals surface area contributed by atoms with E-state index in [1.54, 1.807) is 12.1 Å². The molecule has 0 aliphatic heterocycles. The van der Waals surface area contributed by atoms with Gasteiger partial charge in [0.25, 0.3) is 0 Å². The number of phenolic OH excluding ortho intramolecular Hbond substituents is 1. The summed E-state index contributed by atoms with van der Waals surface area (Å²) in [6.07, 6.45) is 1.83. The maximum Gasteiger partial charge on any atom is 0.241 e. The van der Waals surface area contributed by atoms with E-state index in [1.807, 2.05) is 31.2 Å². The highest BCUT2D eigenvalue weighted by Crippen LogP contribution is 2.29. The average Bonchev–Trinajstić information content (AvgIpc) is 3.08. The molecule has 0 saturated heterocycles. The van der Waals surface area contributed by atoms with Crippen LogP contribution in [0.15, 0.2) is 71.8 Å². The van der Waals surface area contributed by atoms with E-state index in [0.29, 0.717) is 25.3 Å². The largest absolute Gasteiger partial charge is 0.504 e. The van der Waals surface area contributed by atoms with E-state index in [-0.39, 0.29) is 11.7 Å². The number of phenols is 1. The van der Waals surface area contributed by atoms with E-state index in [1.165, 1.54) is 23.1 Å². The topological polar surface area (TPSA) is 75.8 Å². The molecule has 1 amide bonds. The Balaban J connectivity index is 1.43. The summed E-state index contributed by atoms with van der Waals surface area (Å²) in [7, 11) is 0. The van der Waals surface area contributed by atoms with Crippen LogP contribution in [-0.4, -0.2) is 28.4 Å². The third kappa shape index (κ3) is 3.98. The van der Waals surface area contributed by atoms with Gasteiger partial charge in [0.05, 0.1) is 12.8 Å². The summed E-state index contributed by atoms with van der Waals surface area (Å²) >= 11 is 0. The maximum absolute atomic E-state index is 12.3. The number of aryl methyl sites for hydroxylation is 1. The molecule has 0 atom stereocenters. The molecule has 0 saturated carbocycles. The lowest BCUT2D eigenvalue weighted by molar-refractivity contribution is -0.121. The Hall–Kier alpha value is -3.80. The summed E-state index contributed by atoms with van der Waals surface area (Å²) in [6.45, 7) is 2.86. The third-order valence-corrected chi connectivity index (χ3v) is 4.93. The van der Waals surface area contributed by atoms with Gasteiger partial charge >= 0.3 is 0 Å². The van der Waals surface area contributed by atoms with Crippen LogP contribution in [0.2, 0.25) is 0 Å². The van der Waals surface area contributed by atoms with Crippen molar-refractivity contribution in [2.24, 2.45) is 5.10 Å². The Morgan fingerprint density at radius 1 is 1.07 bits per heavy atom. The molecule has 0 unspecified atom stereocenters. The number of aromatic nitrogens is 1. The van der Waals surface area contributed by atoms with Crippen molar-refractivity contribution in [2.75, 3.05) is 6.61 Å². The monoisotopic (exact) mass is 401 g/mol. The number of hydrazone groups is 1. The molecule has 3 aromatic carbocycles. The number of para-hydroxylation sites is 2. The van der Waals surface area contributed by atoms with Gasteiger partial charge in [0.2, 0.25) is 5.91 Å². The van der Waals surface area contributed by atoms with Gasteiger partial charge in [0.1, 0.15) is 0 Å². The molecule has 152 valence electrons. The molecule has 4 aromatic rings. The van der Waals surface area contributed by atoms with Crippen molar-refractivity contribution in [3.8, 4) is 11.5 Å². The number of amides is 1. The van der Waals surface area contributed by atoms with Crippen LogP contribution in [0.3, 0.4) is 0 Å². The lowest BCUT2D eigenvalue weighted by Gasteiger charge is -2.07. The van der Waals surface area contributed by atoms with Crippen LogP contribution in [0.1, 0.15) is 18.9 Å². The molecule has 0 radical (unpaired) electrons. The van der Waals surface area contributed by atoms with Gasteiger partial charge in [-0.1, -0.05) is 36.4 Å². The molecule has 6 nitrogen and oxygen atoms in total. The lowest BCUT2D eigenvalue weighted by Crippen LogP contribution is -2.19. The number of hydrogen-bond donors (Lipinski definition) is 2. The van der Waals surface area contributed by atoms with Crippen LogP contribution in [0.4, 0.5) is 0 Å². The molecular weight excluding hydrogens is 378 g/mol. The van der Waals surface area contributed by atoms with E-state index in [0.717, 1.165) is 16.6 Å². The highest BCUT2D eigenvalue weighted by atomic mass is 16.5. The quantitative estimate of drug-likeness (QED) is 0.355. The number of nitrogens with one attached hydrogen (secondary N) is 1. The Morgan fingerprint density at radius 2 is 1.73 bits per heavy atom. The lowest BCUT2D eigenvalue weighted by atomic mass is 10.2. The summed E-state index contributed by atoms with van der Waals surface area (Å²) in [6, 6.07) is 21.3. The van der Waals surface area contributed by atoms with Crippen LogP contribution >= 0.6 is 0 Å². The molecule has 30 heavy (non-hydrogen) atoms. The molecule has 2 N–H and O–H groups in total. The fraction of sp³-hybridized carbons (Fsp3) is 0.167. The average molecular weight is 401 g/mol. The molecule has 0 aliphatic carbocycles. The van der Waals surface area contributed by atoms with Gasteiger partial charge in [-0.3, -0.25) is 4.79 Å². The smallest absolute Gasteiger partial charge is 0.241 e. The number of carbonyl (C=O) groups excluding carboxylic acids is 1. The molecule has 1 heterocycles. The number of rotatable bonds is 7. The van der Waals surface area contributed by atoms with E-state index in [4.69, 9.17) is 4.74 Å². The zero-order valence-electron chi connectivity index (χ0n) is 16.7. The summed E-state index contributed by atoms with van der Waals surface area (Å²) in [5.74, 6) is 0.292. The van der Waals surface area contributed by atoms with E-state index >= 15 is 0 Å². The standard InChI is InChI=1S/C24H23N3O3/c1-2-30-23-15-17(11-12-22(23)28)16-25-26-24(29)13-14-27-20-9-5-3-7-18(20)19-8-4-6-10-21(19)27/h3-12,15-16,28H,2,13-14H2,1H3,(H,26,29). The van der Waals surface area contributed by atoms with Crippen LogP contribution in [-0.2, 0) is 11.3 Å². The van der Waals surface area contributed by atoms with Crippen molar-refractivity contribution in [1.29, 1.82) is 0 Å². The van der Waals surface area contributed by atoms with E-state index < -0.39 is 0 Å². The van der Waals surface area contributed by atoms with Crippen LogP contribution in [0, 0.1) is 0 Å². The number of ether oxygens (including phenoxy) is 1. The molecular formula is C24H23N3O3. The molecule has 4 rings (SSSR count). The number of carbonyl (C=O) groups is 1. The van der Waals surface area contributed by atoms with Gasteiger partial charge in [-0.15, -0.1) is 0 Å². The normalized spacial score (nSPS) is 11.4. The Kier molecular flexibility index (Phi) is 5.66. The van der Waals surface area contributed by atoms with Crippen molar-refractivity contribution in [1.82, 2.24) is 9.99 Å². The predicted octanol–water partition coefficient (Wildman–Crippen LogP) is 4.44. The van der Waals surface area contributed by atoms with Gasteiger partial charge in [0, 0.05) is 34.8 Å². The second kappa shape index (κ2) is 8.69. The van der Waals surface area contributed by atoms with Crippen molar-refractivity contribution >= 4 is 33.9 Å². The fourth-order valence-corrected chi connectivity index (χ4v) is 3.57. The highest BCUT2D eigenvalue weighted by Gasteiger charge is 2.10. The number of fused-ring (bicyclic) bond motifs is 3. The molecule has 0 bridgehead atoms. The van der Waals surface area contributed by atoms with Crippen LogP contribution in [0.5, 0.6) is 11.5 Å². The van der Waals surface area contributed by atoms with Crippen molar-refractivity contribution in [3.05, 3.63) is 72.3 Å². The Labute approximate surface area is 174 Å². The van der Waals surface area contributed by atoms with Crippen molar-refractivity contribution < 1.29 is 14.6 Å². The number of benzene rings is 3. The minimum Gasteiger partial charge on any atom is -0.504 e. The van der Waals surface area contributed by atoms with Crippen LogP contribution in [0.25, 0.3) is 21.8 Å². The first-order chi connectivity index (χ1) is 14.7. The second-order valence-electron chi connectivity index (χ2n) is 6.89. The minimum absolute atomic E-state index is 0.0733. The van der Waals surface area contributed by atoms with Gasteiger partial charge < -0.3 is 14.4 Å². The van der Waals surface area contributed by atoms with Crippen molar-refractivity contribution in [3.63, 3.8) is 0 Å². The number of nitrogens with zero attached hydrogens (tertiary/aromatic N) is 2. The molecule has 1 aromatic heterocycles. The Bertz CT molecular complexity index is 1170. The number of hydrogen-bond acceptors (Lipinski definition) is 4. The third-order valence-electron chi connectivity index (χ3n) is 4.93. The Morgan fingerprint density at radius 3 is 2.40 bits per heavy atom. The summed E-state index contributed by atoms with van der Waals surface area (Å²) < 4.78 is 7.52. The maximum atomic E-state index is 12.3. The van der Waals surface area contributed by atoms with Crippen LogP contribution < -0.4 is 10.2 Å². The number of aromatic hydroxyl groups is 1. The first-order valence-electron chi connectivity index (χ1n) is 9.91. The minimum atomic E-state index is -0.170. The molecule has 6 heteroatoms. The van der Waals surface area contributed by atoms with Gasteiger partial charge in [-0.2, -0.15) is 5.10 Å². The molecule has 0 spiro atoms. The van der Waals surface area contributed by atoms with Crippen molar-refractivity contribution in [2.45, 2.75) is 19.9 Å². The predicted molar refractivity (Wildman–Crippen MR) is 119 cm³/mol. The molecule has 0 aliphatic rings. The highest BCUT2D eigenvalue weighted by molar-refractivity contribution is 6.08. The SMILES string of the molecule is CCOc1cc(C=NNC(=O)CCn2c3ccccc3c3ccccc32)ccc1O. The zero-order valence-corrected chi connectivity index (χ0v) is 16.7. The molecule has 0 fully saturated rings. The van der Waals surface area contributed by atoms with E-state index in [9.17, 15) is 9.90 Å². The first kappa shape index (κ1) is 19.5. The van der Waals surface area contributed by atoms with Gasteiger partial charge in [-0.05, 0) is 42.8 Å². The zero-order chi connectivity index (χ0) is 20.9. The second-order valence-corrected chi connectivity index (χ2v) is 6.89. The van der Waals surface area contributed by atoms with Gasteiger partial charge in [0.15, 0.2) is 11.5 Å². The van der Waals surface area contributed by atoms with Gasteiger partial charge in [-0.25, -0.2) is 5.43 Å². The summed E-state index contributed by atoms with van der Waals surface area (Å²) in [4.78, 5) is 12.3. The first-order valence-corrected chi connectivity index (χ1v) is 9.91. The summed E-state index contributed by atoms with van der Waals surface area (Å²) in [5.41, 5.74) is 5.52. The fourth-order valence-electron chi connectivity index (χ4n) is 3.57. The van der Waals surface area contributed by atoms with E-state index in [2.05, 4.69) is 39.4 Å².